The molecule has 1 aliphatic carbocycles. The van der Waals surface area contributed by atoms with Gasteiger partial charge in [-0.25, -0.2) is 0 Å². The lowest BCUT2D eigenvalue weighted by Crippen LogP contribution is -2.29. The zero-order valence-corrected chi connectivity index (χ0v) is 8.14. The molecule has 1 aliphatic rings. The lowest BCUT2D eigenvalue weighted by Gasteiger charge is -2.18. The van der Waals surface area contributed by atoms with E-state index >= 15 is 0 Å². The Morgan fingerprint density at radius 3 is 2.60 bits per heavy atom. The molecule has 0 saturated carbocycles. The summed E-state index contributed by atoms with van der Waals surface area (Å²) in [5, 5.41) is 0. The molecule has 1 atom stereocenters. The number of hydrogen-bond donors (Lipinski definition) is 1. The molecule has 0 amide bonds. The summed E-state index contributed by atoms with van der Waals surface area (Å²) in [5.74, 6) is 0. The summed E-state index contributed by atoms with van der Waals surface area (Å²) in [4.78, 5) is 0. The summed E-state index contributed by atoms with van der Waals surface area (Å²) in [6, 6.07) is 3.19. The fraction of sp³-hybridized carbons (Fsp3) is 0.455. The monoisotopic (exact) mass is 215 g/mol. The van der Waals surface area contributed by atoms with Crippen LogP contribution in [0, 0.1) is 0 Å². The summed E-state index contributed by atoms with van der Waals surface area (Å²) >= 11 is 0. The Balaban J connectivity index is 2.41. The van der Waals surface area contributed by atoms with Crippen molar-refractivity contribution in [2.45, 2.75) is 31.5 Å². The quantitative estimate of drug-likeness (QED) is 0.765. The highest BCUT2D eigenvalue weighted by Gasteiger charge is 2.39. The molecule has 2 rings (SSSR count). The molecule has 0 saturated heterocycles. The first-order valence-electron chi connectivity index (χ1n) is 4.93. The minimum Gasteiger partial charge on any atom is -0.316 e. The first kappa shape index (κ1) is 10.5. The van der Waals surface area contributed by atoms with E-state index in [1.54, 1.807) is 6.07 Å². The number of benzene rings is 1. The van der Waals surface area contributed by atoms with E-state index in [0.717, 1.165) is 30.4 Å². The van der Waals surface area contributed by atoms with Crippen LogP contribution in [0.1, 0.15) is 29.2 Å². The lowest BCUT2D eigenvalue weighted by molar-refractivity contribution is -0.149. The van der Waals surface area contributed by atoms with Gasteiger partial charge in [0, 0.05) is 0 Å². The molecule has 0 fully saturated rings. The van der Waals surface area contributed by atoms with E-state index in [0.29, 0.717) is 0 Å². The zero-order chi connectivity index (χ0) is 11.1. The average molecular weight is 215 g/mol. The second kappa shape index (κ2) is 3.52. The molecule has 1 unspecified atom stereocenters. The van der Waals surface area contributed by atoms with E-state index in [-0.39, 0.29) is 5.56 Å². The van der Waals surface area contributed by atoms with Crippen molar-refractivity contribution in [1.82, 2.24) is 0 Å². The number of nitrogens with two attached hydrogens (primary N) is 1. The summed E-state index contributed by atoms with van der Waals surface area (Å²) < 4.78 is 37.4. The molecule has 1 aromatic rings. The van der Waals surface area contributed by atoms with Crippen LogP contribution in [-0.4, -0.2) is 6.18 Å². The van der Waals surface area contributed by atoms with Crippen molar-refractivity contribution in [3.63, 3.8) is 0 Å². The SMILES string of the molecule is NC(c1cccc2c1CCC2)C(F)(F)F. The van der Waals surface area contributed by atoms with Gasteiger partial charge in [-0.05, 0) is 36.0 Å². The van der Waals surface area contributed by atoms with Gasteiger partial charge in [-0.2, -0.15) is 13.2 Å². The second-order valence-electron chi connectivity index (χ2n) is 3.86. The number of aryl methyl sites for hydroxylation is 1. The molecule has 0 heterocycles. The standard InChI is InChI=1S/C11H12F3N/c12-11(13,14)10(15)9-6-2-4-7-3-1-5-8(7)9/h2,4,6,10H,1,3,5,15H2. The van der Waals surface area contributed by atoms with Gasteiger partial charge in [0.05, 0.1) is 0 Å². The molecule has 15 heavy (non-hydrogen) atoms. The Morgan fingerprint density at radius 2 is 1.93 bits per heavy atom. The Hall–Kier alpha value is -1.03. The topological polar surface area (TPSA) is 26.0 Å². The zero-order valence-electron chi connectivity index (χ0n) is 8.14. The first-order valence-corrected chi connectivity index (χ1v) is 4.93. The van der Waals surface area contributed by atoms with Crippen LogP contribution in [0.4, 0.5) is 13.2 Å². The maximum Gasteiger partial charge on any atom is 0.407 e. The fourth-order valence-corrected chi connectivity index (χ4v) is 2.12. The van der Waals surface area contributed by atoms with Gasteiger partial charge in [-0.15, -0.1) is 0 Å². The number of rotatable bonds is 1. The van der Waals surface area contributed by atoms with Gasteiger partial charge in [0.2, 0.25) is 0 Å². The molecule has 1 nitrogen and oxygen atoms in total. The second-order valence-corrected chi connectivity index (χ2v) is 3.86. The molecule has 0 aromatic heterocycles. The van der Waals surface area contributed by atoms with Crippen molar-refractivity contribution in [1.29, 1.82) is 0 Å². The number of alkyl halides is 3. The predicted molar refractivity (Wildman–Crippen MR) is 51.5 cm³/mol. The third-order valence-electron chi connectivity index (χ3n) is 2.87. The summed E-state index contributed by atoms with van der Waals surface area (Å²) in [6.07, 6.45) is -1.84. The van der Waals surface area contributed by atoms with Crippen LogP contribution in [0.2, 0.25) is 0 Å². The van der Waals surface area contributed by atoms with E-state index in [2.05, 4.69) is 0 Å². The van der Waals surface area contributed by atoms with Crippen LogP contribution in [0.5, 0.6) is 0 Å². The van der Waals surface area contributed by atoms with Gasteiger partial charge in [-0.3, -0.25) is 0 Å². The van der Waals surface area contributed by atoms with Crippen LogP contribution < -0.4 is 5.73 Å². The highest BCUT2D eigenvalue weighted by Crippen LogP contribution is 2.35. The smallest absolute Gasteiger partial charge is 0.316 e. The Bertz CT molecular complexity index is 371. The molecule has 82 valence electrons. The number of halogens is 3. The van der Waals surface area contributed by atoms with Gasteiger partial charge >= 0.3 is 6.18 Å². The molecule has 2 N–H and O–H groups in total. The molecular formula is C11H12F3N. The van der Waals surface area contributed by atoms with E-state index in [1.165, 1.54) is 6.07 Å². The Morgan fingerprint density at radius 1 is 1.20 bits per heavy atom. The molecule has 0 aliphatic heterocycles. The predicted octanol–water partition coefficient (Wildman–Crippen LogP) is 2.74. The summed E-state index contributed by atoms with van der Waals surface area (Å²) in [7, 11) is 0. The Labute approximate surface area is 86.1 Å². The third kappa shape index (κ3) is 1.86. The van der Waals surface area contributed by atoms with Crippen LogP contribution in [0.3, 0.4) is 0 Å². The molecule has 4 heteroatoms. The van der Waals surface area contributed by atoms with Crippen molar-refractivity contribution in [3.05, 3.63) is 34.9 Å². The van der Waals surface area contributed by atoms with E-state index in [4.69, 9.17) is 5.73 Å². The minimum atomic E-state index is -4.35. The van der Waals surface area contributed by atoms with Gasteiger partial charge in [0.15, 0.2) is 0 Å². The minimum absolute atomic E-state index is 0.248. The van der Waals surface area contributed by atoms with Crippen LogP contribution in [-0.2, 0) is 12.8 Å². The van der Waals surface area contributed by atoms with Crippen molar-refractivity contribution < 1.29 is 13.2 Å². The summed E-state index contributed by atoms with van der Waals surface area (Å²) in [6.45, 7) is 0. The maximum atomic E-state index is 12.5. The molecule has 0 bridgehead atoms. The van der Waals surface area contributed by atoms with Crippen molar-refractivity contribution in [3.8, 4) is 0 Å². The van der Waals surface area contributed by atoms with Gasteiger partial charge in [-0.1, -0.05) is 18.2 Å². The molecule has 0 spiro atoms. The van der Waals surface area contributed by atoms with E-state index in [1.807, 2.05) is 6.07 Å². The summed E-state index contributed by atoms with van der Waals surface area (Å²) in [5.41, 5.74) is 7.30. The van der Waals surface area contributed by atoms with Gasteiger partial charge in [0.1, 0.15) is 6.04 Å². The van der Waals surface area contributed by atoms with Crippen molar-refractivity contribution >= 4 is 0 Å². The van der Waals surface area contributed by atoms with Gasteiger partial charge < -0.3 is 5.73 Å². The van der Waals surface area contributed by atoms with E-state index in [9.17, 15) is 13.2 Å². The molecule has 0 radical (unpaired) electrons. The van der Waals surface area contributed by atoms with Gasteiger partial charge in [0.25, 0.3) is 0 Å². The van der Waals surface area contributed by atoms with Crippen LogP contribution in [0.15, 0.2) is 18.2 Å². The molecule has 1 aromatic carbocycles. The third-order valence-corrected chi connectivity index (χ3v) is 2.87. The van der Waals surface area contributed by atoms with Crippen molar-refractivity contribution in [2.24, 2.45) is 5.73 Å². The normalized spacial score (nSPS) is 17.6. The lowest BCUT2D eigenvalue weighted by atomic mass is 9.97. The van der Waals surface area contributed by atoms with Crippen molar-refractivity contribution in [2.75, 3.05) is 0 Å². The van der Waals surface area contributed by atoms with E-state index < -0.39 is 12.2 Å². The Kier molecular flexibility index (Phi) is 2.46. The average Bonchev–Trinajstić information content (AvgIpc) is 2.62. The first-order chi connectivity index (χ1) is 7.00. The molecular weight excluding hydrogens is 203 g/mol. The number of fused-ring (bicyclic) bond motifs is 1. The number of hydrogen-bond acceptors (Lipinski definition) is 1. The maximum absolute atomic E-state index is 12.5. The van der Waals surface area contributed by atoms with Crippen LogP contribution in [0.25, 0.3) is 0 Å². The highest BCUT2D eigenvalue weighted by atomic mass is 19.4. The van der Waals surface area contributed by atoms with Crippen LogP contribution >= 0.6 is 0 Å². The largest absolute Gasteiger partial charge is 0.407 e. The fourth-order valence-electron chi connectivity index (χ4n) is 2.12. The highest BCUT2D eigenvalue weighted by molar-refractivity contribution is 5.40.